The van der Waals surface area contributed by atoms with Crippen molar-refractivity contribution in [1.29, 1.82) is 0 Å². The second-order valence-corrected chi connectivity index (χ2v) is 2.47. The first-order valence-electron chi connectivity index (χ1n) is 3.33. The van der Waals surface area contributed by atoms with E-state index in [1.165, 1.54) is 0 Å². The van der Waals surface area contributed by atoms with Gasteiger partial charge in [0, 0.05) is 6.20 Å². The van der Waals surface area contributed by atoms with E-state index in [2.05, 4.69) is 10.2 Å². The standard InChI is InChI=1S/C7H8N4/c1-5-2-3-11-4-9-10-7(11)6(5)8/h2-4H,8H2,1H3. The predicted octanol–water partition coefficient (Wildman–Crippen LogP) is 0.620. The summed E-state index contributed by atoms with van der Waals surface area (Å²) in [6, 6.07) is 1.94. The van der Waals surface area contributed by atoms with E-state index in [0.717, 1.165) is 11.2 Å². The van der Waals surface area contributed by atoms with Crippen LogP contribution in [-0.4, -0.2) is 14.6 Å². The smallest absolute Gasteiger partial charge is 0.184 e. The third-order valence-electron chi connectivity index (χ3n) is 1.72. The van der Waals surface area contributed by atoms with Crippen LogP contribution in [0.4, 0.5) is 5.69 Å². The molecule has 0 radical (unpaired) electrons. The molecule has 0 atom stereocenters. The Balaban J connectivity index is 2.93. The Morgan fingerprint density at radius 2 is 2.36 bits per heavy atom. The lowest BCUT2D eigenvalue weighted by molar-refractivity contribution is 1.10. The Labute approximate surface area is 63.7 Å². The van der Waals surface area contributed by atoms with Crippen molar-refractivity contribution in [2.75, 3.05) is 5.73 Å². The van der Waals surface area contributed by atoms with Crippen LogP contribution in [0.15, 0.2) is 18.6 Å². The molecule has 2 heterocycles. The van der Waals surface area contributed by atoms with Gasteiger partial charge < -0.3 is 5.73 Å². The monoisotopic (exact) mass is 148 g/mol. The second kappa shape index (κ2) is 1.95. The minimum atomic E-state index is 0.699. The normalized spacial score (nSPS) is 10.6. The molecule has 0 bridgehead atoms. The fraction of sp³-hybridized carbons (Fsp3) is 0.143. The van der Waals surface area contributed by atoms with Crippen molar-refractivity contribution in [3.63, 3.8) is 0 Å². The van der Waals surface area contributed by atoms with E-state index >= 15 is 0 Å². The van der Waals surface area contributed by atoms with Crippen LogP contribution in [0.2, 0.25) is 0 Å². The third-order valence-corrected chi connectivity index (χ3v) is 1.72. The van der Waals surface area contributed by atoms with Gasteiger partial charge in [-0.3, -0.25) is 4.40 Å². The van der Waals surface area contributed by atoms with Crippen molar-refractivity contribution >= 4 is 11.3 Å². The van der Waals surface area contributed by atoms with E-state index in [1.807, 2.05) is 19.2 Å². The van der Waals surface area contributed by atoms with Crippen molar-refractivity contribution < 1.29 is 0 Å². The molecule has 2 aromatic heterocycles. The van der Waals surface area contributed by atoms with Gasteiger partial charge in [0.1, 0.15) is 6.33 Å². The minimum absolute atomic E-state index is 0.699. The van der Waals surface area contributed by atoms with Gasteiger partial charge in [0.15, 0.2) is 5.65 Å². The van der Waals surface area contributed by atoms with E-state index in [4.69, 9.17) is 5.73 Å². The molecule has 2 aromatic rings. The van der Waals surface area contributed by atoms with Gasteiger partial charge in [0.2, 0.25) is 0 Å². The fourth-order valence-corrected chi connectivity index (χ4v) is 1.00. The number of aromatic nitrogens is 3. The molecule has 0 amide bonds. The Kier molecular flexibility index (Phi) is 1.09. The number of anilines is 1. The topological polar surface area (TPSA) is 56.2 Å². The number of nitrogens with two attached hydrogens (primary N) is 1. The van der Waals surface area contributed by atoms with Crippen molar-refractivity contribution in [1.82, 2.24) is 14.6 Å². The summed E-state index contributed by atoms with van der Waals surface area (Å²) in [5, 5.41) is 7.60. The maximum atomic E-state index is 5.74. The zero-order valence-electron chi connectivity index (χ0n) is 6.15. The molecule has 0 saturated carbocycles. The zero-order valence-corrected chi connectivity index (χ0v) is 6.15. The molecule has 0 spiro atoms. The van der Waals surface area contributed by atoms with Gasteiger partial charge in [-0.1, -0.05) is 0 Å². The van der Waals surface area contributed by atoms with Crippen LogP contribution in [0, 0.1) is 6.92 Å². The van der Waals surface area contributed by atoms with Gasteiger partial charge in [-0.05, 0) is 18.6 Å². The number of hydrogen-bond donors (Lipinski definition) is 1. The average molecular weight is 148 g/mol. The van der Waals surface area contributed by atoms with Crippen molar-refractivity contribution in [2.45, 2.75) is 6.92 Å². The summed E-state index contributed by atoms with van der Waals surface area (Å²) in [6.07, 6.45) is 3.52. The Bertz CT molecular complexity index is 390. The summed E-state index contributed by atoms with van der Waals surface area (Å²) < 4.78 is 1.79. The van der Waals surface area contributed by atoms with E-state index in [1.54, 1.807) is 10.7 Å². The van der Waals surface area contributed by atoms with Crippen LogP contribution in [0.25, 0.3) is 5.65 Å². The highest BCUT2D eigenvalue weighted by atomic mass is 15.2. The lowest BCUT2D eigenvalue weighted by Gasteiger charge is -1.99. The number of aryl methyl sites for hydroxylation is 1. The Hall–Kier alpha value is -1.58. The minimum Gasteiger partial charge on any atom is -0.395 e. The number of pyridine rings is 1. The number of nitrogens with zero attached hydrogens (tertiary/aromatic N) is 3. The fourth-order valence-electron chi connectivity index (χ4n) is 1.00. The van der Waals surface area contributed by atoms with E-state index in [0.29, 0.717) is 5.69 Å². The van der Waals surface area contributed by atoms with Gasteiger partial charge in [-0.15, -0.1) is 10.2 Å². The summed E-state index contributed by atoms with van der Waals surface area (Å²) in [7, 11) is 0. The zero-order chi connectivity index (χ0) is 7.84. The summed E-state index contributed by atoms with van der Waals surface area (Å²) in [4.78, 5) is 0. The Morgan fingerprint density at radius 3 is 3.18 bits per heavy atom. The van der Waals surface area contributed by atoms with Crippen LogP contribution in [0.5, 0.6) is 0 Å². The van der Waals surface area contributed by atoms with Crippen molar-refractivity contribution in [3.8, 4) is 0 Å². The molecule has 2 rings (SSSR count). The largest absolute Gasteiger partial charge is 0.395 e. The summed E-state index contributed by atoms with van der Waals surface area (Å²) >= 11 is 0. The van der Waals surface area contributed by atoms with Gasteiger partial charge in [-0.25, -0.2) is 0 Å². The van der Waals surface area contributed by atoms with Crippen LogP contribution in [0.1, 0.15) is 5.56 Å². The highest BCUT2D eigenvalue weighted by Gasteiger charge is 2.00. The maximum absolute atomic E-state index is 5.74. The number of rotatable bonds is 0. The lowest BCUT2D eigenvalue weighted by Crippen LogP contribution is -1.94. The number of hydrogen-bond acceptors (Lipinski definition) is 3. The quantitative estimate of drug-likeness (QED) is 0.595. The second-order valence-electron chi connectivity index (χ2n) is 2.47. The molecule has 0 unspecified atom stereocenters. The molecule has 11 heavy (non-hydrogen) atoms. The molecule has 0 aliphatic carbocycles. The van der Waals surface area contributed by atoms with E-state index in [9.17, 15) is 0 Å². The molecule has 0 saturated heterocycles. The molecule has 0 fully saturated rings. The van der Waals surface area contributed by atoms with Crippen LogP contribution in [0.3, 0.4) is 0 Å². The van der Waals surface area contributed by atoms with Gasteiger partial charge in [0.25, 0.3) is 0 Å². The van der Waals surface area contributed by atoms with E-state index < -0.39 is 0 Å². The molecule has 0 aliphatic rings. The molecule has 2 N–H and O–H groups in total. The third kappa shape index (κ3) is 0.756. The highest BCUT2D eigenvalue weighted by molar-refractivity contribution is 5.67. The summed E-state index contributed by atoms with van der Waals surface area (Å²) in [6.45, 7) is 1.95. The Morgan fingerprint density at radius 1 is 1.55 bits per heavy atom. The van der Waals surface area contributed by atoms with Crippen molar-refractivity contribution in [3.05, 3.63) is 24.2 Å². The lowest BCUT2D eigenvalue weighted by atomic mass is 10.2. The highest BCUT2D eigenvalue weighted by Crippen LogP contribution is 2.14. The average Bonchev–Trinajstić information content (AvgIpc) is 2.45. The van der Waals surface area contributed by atoms with Gasteiger partial charge in [-0.2, -0.15) is 0 Å². The summed E-state index contributed by atoms with van der Waals surface area (Å²) in [5.41, 5.74) is 8.20. The van der Waals surface area contributed by atoms with Gasteiger partial charge in [0.05, 0.1) is 5.69 Å². The summed E-state index contributed by atoms with van der Waals surface area (Å²) in [5.74, 6) is 0. The first kappa shape index (κ1) is 6.15. The first-order valence-corrected chi connectivity index (χ1v) is 3.33. The number of fused-ring (bicyclic) bond motifs is 1. The maximum Gasteiger partial charge on any atom is 0.184 e. The van der Waals surface area contributed by atoms with Crippen LogP contribution in [-0.2, 0) is 0 Å². The molecular formula is C7H8N4. The van der Waals surface area contributed by atoms with E-state index in [-0.39, 0.29) is 0 Å². The molecule has 0 aliphatic heterocycles. The predicted molar refractivity (Wildman–Crippen MR) is 42.1 cm³/mol. The molecule has 4 heteroatoms. The van der Waals surface area contributed by atoms with Crippen LogP contribution >= 0.6 is 0 Å². The molecule has 56 valence electrons. The molecule has 4 nitrogen and oxygen atoms in total. The molecular weight excluding hydrogens is 140 g/mol. The van der Waals surface area contributed by atoms with Gasteiger partial charge >= 0.3 is 0 Å². The SMILES string of the molecule is Cc1ccn2cnnc2c1N. The van der Waals surface area contributed by atoms with Crippen LogP contribution < -0.4 is 5.73 Å². The van der Waals surface area contributed by atoms with Crippen molar-refractivity contribution in [2.24, 2.45) is 0 Å². The number of nitrogen functional groups attached to an aromatic ring is 1. The molecule has 0 aromatic carbocycles. The first-order chi connectivity index (χ1) is 5.29.